The number of nitrogens with two attached hydrogens (primary N) is 1. The number of imidazole rings is 1. The van der Waals surface area contributed by atoms with E-state index in [1.54, 1.807) is 19.0 Å². The summed E-state index contributed by atoms with van der Waals surface area (Å²) >= 11 is 0. The van der Waals surface area contributed by atoms with Gasteiger partial charge in [0.05, 0.1) is 12.9 Å². The van der Waals surface area contributed by atoms with Crippen LogP contribution in [0.2, 0.25) is 0 Å². The van der Waals surface area contributed by atoms with Crippen LogP contribution in [0.4, 0.5) is 5.82 Å². The average Bonchev–Trinajstić information content (AvgIpc) is 3.31. The minimum atomic E-state index is 0.436. The van der Waals surface area contributed by atoms with Crippen LogP contribution in [0.15, 0.2) is 25.3 Å². The van der Waals surface area contributed by atoms with Crippen LogP contribution in [-0.4, -0.2) is 58.3 Å². The van der Waals surface area contributed by atoms with Crippen molar-refractivity contribution in [2.45, 2.75) is 38.4 Å². The third-order valence-electron chi connectivity index (χ3n) is 4.64. The van der Waals surface area contributed by atoms with Crippen LogP contribution in [0.5, 0.6) is 0 Å². The van der Waals surface area contributed by atoms with E-state index in [0.29, 0.717) is 17.4 Å². The molecule has 3 aromatic heterocycles. The lowest BCUT2D eigenvalue weighted by Gasteiger charge is -2.24. The van der Waals surface area contributed by atoms with Gasteiger partial charge in [-0.3, -0.25) is 9.58 Å². The molecular formula is C15H21N9. The van der Waals surface area contributed by atoms with Gasteiger partial charge in [-0.1, -0.05) is 0 Å². The molecule has 9 heteroatoms. The van der Waals surface area contributed by atoms with Crippen molar-refractivity contribution in [1.82, 2.24) is 39.2 Å². The lowest BCUT2D eigenvalue weighted by atomic mass is 10.2. The van der Waals surface area contributed by atoms with Crippen molar-refractivity contribution >= 4 is 17.0 Å². The number of likely N-dealkylation sites (tertiary alicyclic amines) is 1. The maximum Gasteiger partial charge on any atom is 0.165 e. The minimum Gasteiger partial charge on any atom is -0.382 e. The highest BCUT2D eigenvalue weighted by atomic mass is 15.3. The first-order valence-corrected chi connectivity index (χ1v) is 8.29. The van der Waals surface area contributed by atoms with Gasteiger partial charge in [0, 0.05) is 19.1 Å². The molecule has 126 valence electrons. The molecule has 4 heterocycles. The molecule has 1 atom stereocenters. The fourth-order valence-electron chi connectivity index (χ4n) is 3.45. The van der Waals surface area contributed by atoms with E-state index in [4.69, 9.17) is 5.73 Å². The standard InChI is InChI=1S/C15H21N9/c16-14-13-15(19-9-18-14)23(11-20-13)6-2-5-22-4-1-3-12(22)7-24-10-17-8-21-24/h8-12H,1-7H2,(H2,16,18,19). The van der Waals surface area contributed by atoms with Gasteiger partial charge in [0.2, 0.25) is 0 Å². The molecule has 1 unspecified atom stereocenters. The summed E-state index contributed by atoms with van der Waals surface area (Å²) in [5.74, 6) is 0.436. The van der Waals surface area contributed by atoms with E-state index >= 15 is 0 Å². The fraction of sp³-hybridized carbons (Fsp3) is 0.533. The quantitative estimate of drug-likeness (QED) is 0.705. The number of anilines is 1. The van der Waals surface area contributed by atoms with Crippen molar-refractivity contribution in [3.05, 3.63) is 25.3 Å². The van der Waals surface area contributed by atoms with Gasteiger partial charge in [-0.15, -0.1) is 0 Å². The summed E-state index contributed by atoms with van der Waals surface area (Å²) in [7, 11) is 0. The van der Waals surface area contributed by atoms with Crippen molar-refractivity contribution in [1.29, 1.82) is 0 Å². The Balaban J connectivity index is 1.35. The molecule has 0 spiro atoms. The summed E-state index contributed by atoms with van der Waals surface area (Å²) in [6.07, 6.45) is 10.2. The molecule has 1 saturated heterocycles. The normalized spacial score (nSPS) is 18.6. The average molecular weight is 327 g/mol. The zero-order chi connectivity index (χ0) is 16.4. The number of hydrogen-bond acceptors (Lipinski definition) is 7. The van der Waals surface area contributed by atoms with Gasteiger partial charge in [-0.2, -0.15) is 5.10 Å². The molecular weight excluding hydrogens is 306 g/mol. The molecule has 2 N–H and O–H groups in total. The molecule has 0 aromatic carbocycles. The monoisotopic (exact) mass is 327 g/mol. The topological polar surface area (TPSA) is 104 Å². The zero-order valence-electron chi connectivity index (χ0n) is 13.5. The summed E-state index contributed by atoms with van der Waals surface area (Å²) < 4.78 is 3.97. The van der Waals surface area contributed by atoms with Gasteiger partial charge in [-0.25, -0.2) is 19.9 Å². The predicted molar refractivity (Wildman–Crippen MR) is 89.0 cm³/mol. The van der Waals surface area contributed by atoms with E-state index < -0.39 is 0 Å². The zero-order valence-corrected chi connectivity index (χ0v) is 13.5. The Morgan fingerprint density at radius 3 is 2.96 bits per heavy atom. The van der Waals surface area contributed by atoms with Crippen LogP contribution in [0.25, 0.3) is 11.2 Å². The second-order valence-electron chi connectivity index (χ2n) is 6.17. The van der Waals surface area contributed by atoms with Crippen LogP contribution >= 0.6 is 0 Å². The van der Waals surface area contributed by atoms with Crippen LogP contribution in [0, 0.1) is 0 Å². The second kappa shape index (κ2) is 6.52. The predicted octanol–water partition coefficient (Wildman–Crippen LogP) is 0.555. The summed E-state index contributed by atoms with van der Waals surface area (Å²) in [6.45, 7) is 4.00. The summed E-state index contributed by atoms with van der Waals surface area (Å²) in [5, 5.41) is 4.22. The van der Waals surface area contributed by atoms with E-state index in [1.807, 2.05) is 4.68 Å². The lowest BCUT2D eigenvalue weighted by Crippen LogP contribution is -2.34. The lowest BCUT2D eigenvalue weighted by molar-refractivity contribution is 0.221. The van der Waals surface area contributed by atoms with Crippen molar-refractivity contribution in [2.75, 3.05) is 18.8 Å². The Morgan fingerprint density at radius 2 is 2.08 bits per heavy atom. The highest BCUT2D eigenvalue weighted by Crippen LogP contribution is 2.19. The van der Waals surface area contributed by atoms with Gasteiger partial charge in [0.15, 0.2) is 11.5 Å². The Kier molecular flexibility index (Phi) is 4.08. The Morgan fingerprint density at radius 1 is 1.12 bits per heavy atom. The van der Waals surface area contributed by atoms with Crippen LogP contribution in [0.3, 0.4) is 0 Å². The number of hydrogen-bond donors (Lipinski definition) is 1. The first-order valence-electron chi connectivity index (χ1n) is 8.29. The minimum absolute atomic E-state index is 0.436. The smallest absolute Gasteiger partial charge is 0.165 e. The number of fused-ring (bicyclic) bond motifs is 1. The molecule has 4 rings (SSSR count). The number of rotatable bonds is 6. The molecule has 0 amide bonds. The molecule has 0 saturated carbocycles. The first kappa shape index (κ1) is 15.0. The van der Waals surface area contributed by atoms with E-state index in [2.05, 4.69) is 34.5 Å². The van der Waals surface area contributed by atoms with Gasteiger partial charge in [0.25, 0.3) is 0 Å². The number of nitrogens with zero attached hydrogens (tertiary/aromatic N) is 8. The van der Waals surface area contributed by atoms with Gasteiger partial charge in [0.1, 0.15) is 24.5 Å². The maximum atomic E-state index is 5.83. The van der Waals surface area contributed by atoms with Crippen molar-refractivity contribution in [3.8, 4) is 0 Å². The molecule has 9 nitrogen and oxygen atoms in total. The summed E-state index contributed by atoms with van der Waals surface area (Å²) in [4.78, 5) is 19.2. The van der Waals surface area contributed by atoms with E-state index in [1.165, 1.54) is 19.2 Å². The fourth-order valence-corrected chi connectivity index (χ4v) is 3.45. The van der Waals surface area contributed by atoms with Crippen LogP contribution in [-0.2, 0) is 13.1 Å². The van der Waals surface area contributed by atoms with Crippen LogP contribution < -0.4 is 5.73 Å². The van der Waals surface area contributed by atoms with Crippen LogP contribution in [0.1, 0.15) is 19.3 Å². The van der Waals surface area contributed by atoms with Crippen molar-refractivity contribution in [3.63, 3.8) is 0 Å². The van der Waals surface area contributed by atoms with Gasteiger partial charge >= 0.3 is 0 Å². The van der Waals surface area contributed by atoms with Crippen molar-refractivity contribution < 1.29 is 0 Å². The number of nitrogen functional groups attached to an aromatic ring is 1. The summed E-state index contributed by atoms with van der Waals surface area (Å²) in [6, 6.07) is 0.546. The molecule has 0 bridgehead atoms. The molecule has 0 radical (unpaired) electrons. The van der Waals surface area contributed by atoms with Crippen molar-refractivity contribution in [2.24, 2.45) is 0 Å². The molecule has 3 aromatic rings. The van der Waals surface area contributed by atoms with E-state index in [-0.39, 0.29) is 0 Å². The van der Waals surface area contributed by atoms with E-state index in [9.17, 15) is 0 Å². The third-order valence-corrected chi connectivity index (χ3v) is 4.64. The van der Waals surface area contributed by atoms with E-state index in [0.717, 1.165) is 38.2 Å². The second-order valence-corrected chi connectivity index (χ2v) is 6.17. The molecule has 1 aliphatic heterocycles. The molecule has 1 aliphatic rings. The van der Waals surface area contributed by atoms with Gasteiger partial charge in [-0.05, 0) is 25.8 Å². The number of aromatic nitrogens is 7. The summed E-state index contributed by atoms with van der Waals surface area (Å²) in [5.41, 5.74) is 7.32. The highest BCUT2D eigenvalue weighted by molar-refractivity contribution is 5.80. The molecule has 1 fully saturated rings. The Labute approximate surface area is 139 Å². The molecule has 0 aliphatic carbocycles. The highest BCUT2D eigenvalue weighted by Gasteiger charge is 2.24. The first-order chi connectivity index (χ1) is 11.8. The third kappa shape index (κ3) is 2.94. The Hall–Kier alpha value is -2.55. The molecule has 24 heavy (non-hydrogen) atoms. The largest absolute Gasteiger partial charge is 0.382 e. The Bertz CT molecular complexity index is 794. The number of aryl methyl sites for hydroxylation is 1. The SMILES string of the molecule is Nc1ncnc2c1ncn2CCCN1CCCC1Cn1cncn1. The maximum absolute atomic E-state index is 5.83. The van der Waals surface area contributed by atoms with Gasteiger partial charge < -0.3 is 10.3 Å².